The summed E-state index contributed by atoms with van der Waals surface area (Å²) in [4.78, 5) is 30.1. The fourth-order valence-electron chi connectivity index (χ4n) is 4.50. The summed E-state index contributed by atoms with van der Waals surface area (Å²) in [6.45, 7) is 3.87. The molecule has 0 atom stereocenters. The number of thiazole rings is 1. The van der Waals surface area contributed by atoms with E-state index in [0.29, 0.717) is 11.6 Å². The van der Waals surface area contributed by atoms with Gasteiger partial charge in [0.25, 0.3) is 5.56 Å². The molecular formula is C23H27N5OS. The number of aromatic nitrogens is 4. The summed E-state index contributed by atoms with van der Waals surface area (Å²) in [7, 11) is 0. The van der Waals surface area contributed by atoms with Crippen LogP contribution >= 0.6 is 11.3 Å². The maximum atomic E-state index is 12.6. The molecule has 3 aromatic rings. The summed E-state index contributed by atoms with van der Waals surface area (Å²) in [5, 5.41) is 1.28. The lowest BCUT2D eigenvalue weighted by Gasteiger charge is -2.31. The van der Waals surface area contributed by atoms with Crippen LogP contribution in [-0.2, 0) is 25.9 Å². The second-order valence-electron chi connectivity index (χ2n) is 8.41. The number of rotatable bonds is 5. The molecule has 0 unspecified atom stereocenters. The summed E-state index contributed by atoms with van der Waals surface area (Å²) in [6.07, 6.45) is 12.4. The molecule has 30 heavy (non-hydrogen) atoms. The Balaban J connectivity index is 1.16. The van der Waals surface area contributed by atoms with Crippen molar-refractivity contribution in [3.8, 4) is 11.3 Å². The first kappa shape index (κ1) is 19.6. The maximum absolute atomic E-state index is 12.6. The number of piperidine rings is 1. The van der Waals surface area contributed by atoms with Gasteiger partial charge < -0.3 is 0 Å². The Morgan fingerprint density at radius 3 is 2.80 bits per heavy atom. The SMILES string of the molecule is O=c1cc(-c2cccnc2)ncn1CC1CCN(Cc2nc3c(s2)CCCC3)CC1. The zero-order valence-corrected chi connectivity index (χ0v) is 18.0. The molecule has 0 amide bonds. The molecule has 0 radical (unpaired) electrons. The van der Waals surface area contributed by atoms with Crippen molar-refractivity contribution >= 4 is 11.3 Å². The Morgan fingerprint density at radius 1 is 1.17 bits per heavy atom. The van der Waals surface area contributed by atoms with Crippen LogP contribution in [0.3, 0.4) is 0 Å². The second-order valence-corrected chi connectivity index (χ2v) is 9.58. The third kappa shape index (κ3) is 4.37. The minimum Gasteiger partial charge on any atom is -0.299 e. The molecule has 5 rings (SSSR count). The number of fused-ring (bicyclic) bond motifs is 1. The molecule has 2 aliphatic rings. The molecule has 1 aliphatic carbocycles. The second kappa shape index (κ2) is 8.78. The van der Waals surface area contributed by atoms with Crippen LogP contribution < -0.4 is 5.56 Å². The van der Waals surface area contributed by atoms with E-state index in [2.05, 4.69) is 14.9 Å². The minimum absolute atomic E-state index is 0.0136. The standard InChI is InChI=1S/C23H27N5OS/c29-23-12-20(18-4-3-9-24-13-18)25-16-28(23)14-17-7-10-27(11-8-17)15-22-26-19-5-1-2-6-21(19)30-22/h3-4,9,12-13,16-17H,1-2,5-8,10-11,14-15H2. The van der Waals surface area contributed by atoms with Crippen LogP contribution in [-0.4, -0.2) is 37.5 Å². The number of likely N-dealkylation sites (tertiary alicyclic amines) is 1. The lowest BCUT2D eigenvalue weighted by Crippen LogP contribution is -2.36. The quantitative estimate of drug-likeness (QED) is 0.630. The van der Waals surface area contributed by atoms with Gasteiger partial charge in [0, 0.05) is 35.4 Å². The molecule has 1 aliphatic heterocycles. The Kier molecular flexibility index (Phi) is 5.73. The lowest BCUT2D eigenvalue weighted by atomic mass is 9.96. The zero-order valence-electron chi connectivity index (χ0n) is 17.2. The summed E-state index contributed by atoms with van der Waals surface area (Å²) in [5.74, 6) is 0.523. The molecular weight excluding hydrogens is 394 g/mol. The Hall–Kier alpha value is -2.38. The van der Waals surface area contributed by atoms with Gasteiger partial charge in [0.05, 0.1) is 24.3 Å². The number of hydrogen-bond acceptors (Lipinski definition) is 6. The van der Waals surface area contributed by atoms with Crippen LogP contribution in [0.25, 0.3) is 11.3 Å². The fourth-order valence-corrected chi connectivity index (χ4v) is 5.70. The van der Waals surface area contributed by atoms with Crippen LogP contribution in [0.1, 0.15) is 41.3 Å². The van der Waals surface area contributed by atoms with E-state index in [-0.39, 0.29) is 5.56 Å². The van der Waals surface area contributed by atoms with E-state index in [1.807, 2.05) is 23.5 Å². The predicted molar refractivity (Wildman–Crippen MR) is 118 cm³/mol. The van der Waals surface area contributed by atoms with Crippen molar-refractivity contribution < 1.29 is 0 Å². The van der Waals surface area contributed by atoms with Crippen molar-refractivity contribution in [3.63, 3.8) is 0 Å². The van der Waals surface area contributed by atoms with Crippen LogP contribution in [0.2, 0.25) is 0 Å². The Bertz CT molecular complexity index is 1030. The van der Waals surface area contributed by atoms with Crippen molar-refractivity contribution in [2.75, 3.05) is 13.1 Å². The highest BCUT2D eigenvalue weighted by Gasteiger charge is 2.22. The summed E-state index contributed by atoms with van der Waals surface area (Å²) in [6, 6.07) is 5.40. The van der Waals surface area contributed by atoms with E-state index in [1.54, 1.807) is 29.4 Å². The average molecular weight is 422 g/mol. The maximum Gasteiger partial charge on any atom is 0.253 e. The molecule has 0 saturated carbocycles. The smallest absolute Gasteiger partial charge is 0.253 e. The first-order chi connectivity index (χ1) is 14.7. The monoisotopic (exact) mass is 421 g/mol. The number of hydrogen-bond donors (Lipinski definition) is 0. The number of nitrogens with zero attached hydrogens (tertiary/aromatic N) is 5. The van der Waals surface area contributed by atoms with Crippen molar-refractivity contribution in [1.29, 1.82) is 0 Å². The first-order valence-electron chi connectivity index (χ1n) is 10.9. The largest absolute Gasteiger partial charge is 0.299 e. The van der Waals surface area contributed by atoms with Gasteiger partial charge in [0.1, 0.15) is 5.01 Å². The van der Waals surface area contributed by atoms with Crippen molar-refractivity contribution in [3.05, 3.63) is 62.9 Å². The van der Waals surface area contributed by atoms with E-state index in [1.165, 1.54) is 34.8 Å². The highest BCUT2D eigenvalue weighted by Crippen LogP contribution is 2.28. The predicted octanol–water partition coefficient (Wildman–Crippen LogP) is 3.55. The van der Waals surface area contributed by atoms with Crippen LogP contribution in [0.4, 0.5) is 0 Å². The molecule has 0 bridgehead atoms. The zero-order chi connectivity index (χ0) is 20.3. The van der Waals surface area contributed by atoms with Crippen LogP contribution in [0.5, 0.6) is 0 Å². The van der Waals surface area contributed by atoms with E-state index in [9.17, 15) is 4.79 Å². The van der Waals surface area contributed by atoms with E-state index < -0.39 is 0 Å². The van der Waals surface area contributed by atoms with Crippen molar-refractivity contribution in [2.45, 2.75) is 51.6 Å². The molecule has 4 heterocycles. The van der Waals surface area contributed by atoms with E-state index in [4.69, 9.17) is 4.98 Å². The molecule has 0 N–H and O–H groups in total. The molecule has 0 spiro atoms. The van der Waals surface area contributed by atoms with Crippen molar-refractivity contribution in [1.82, 2.24) is 24.4 Å². The van der Waals surface area contributed by atoms with Gasteiger partial charge in [-0.05, 0) is 69.7 Å². The fraction of sp³-hybridized carbons (Fsp3) is 0.478. The van der Waals surface area contributed by atoms with Crippen LogP contribution in [0, 0.1) is 5.92 Å². The van der Waals surface area contributed by atoms with Gasteiger partial charge in [-0.15, -0.1) is 11.3 Å². The topological polar surface area (TPSA) is 63.9 Å². The Labute approximate surface area is 180 Å². The average Bonchev–Trinajstić information content (AvgIpc) is 3.19. The van der Waals surface area contributed by atoms with Gasteiger partial charge in [0.2, 0.25) is 0 Å². The third-order valence-electron chi connectivity index (χ3n) is 6.25. The van der Waals surface area contributed by atoms with Gasteiger partial charge in [-0.1, -0.05) is 0 Å². The molecule has 1 saturated heterocycles. The Morgan fingerprint density at radius 2 is 2.03 bits per heavy atom. The third-order valence-corrected chi connectivity index (χ3v) is 7.39. The van der Waals surface area contributed by atoms with Crippen molar-refractivity contribution in [2.24, 2.45) is 5.92 Å². The van der Waals surface area contributed by atoms with Gasteiger partial charge >= 0.3 is 0 Å². The van der Waals surface area contributed by atoms with Gasteiger partial charge in [-0.25, -0.2) is 9.97 Å². The molecule has 1 fully saturated rings. The first-order valence-corrected chi connectivity index (χ1v) is 11.7. The van der Waals surface area contributed by atoms with E-state index in [0.717, 1.165) is 51.0 Å². The summed E-state index contributed by atoms with van der Waals surface area (Å²) >= 11 is 1.92. The normalized spacial score (nSPS) is 17.7. The van der Waals surface area contributed by atoms with Gasteiger partial charge in [0.15, 0.2) is 0 Å². The van der Waals surface area contributed by atoms with Gasteiger partial charge in [-0.2, -0.15) is 0 Å². The molecule has 0 aromatic carbocycles. The number of aryl methyl sites for hydroxylation is 2. The highest BCUT2D eigenvalue weighted by molar-refractivity contribution is 7.11. The number of pyridine rings is 1. The molecule has 7 heteroatoms. The molecule has 3 aromatic heterocycles. The highest BCUT2D eigenvalue weighted by atomic mass is 32.1. The van der Waals surface area contributed by atoms with Gasteiger partial charge in [-0.3, -0.25) is 19.2 Å². The molecule has 6 nitrogen and oxygen atoms in total. The molecule has 156 valence electrons. The van der Waals surface area contributed by atoms with E-state index >= 15 is 0 Å². The summed E-state index contributed by atoms with van der Waals surface area (Å²) < 4.78 is 1.76. The minimum atomic E-state index is 0.0136. The lowest BCUT2D eigenvalue weighted by molar-refractivity contribution is 0.166. The summed E-state index contributed by atoms with van der Waals surface area (Å²) in [5.41, 5.74) is 2.93. The van der Waals surface area contributed by atoms with Crippen LogP contribution in [0.15, 0.2) is 41.7 Å².